The molecule has 4 nitrogen and oxygen atoms in total. The van der Waals surface area contributed by atoms with E-state index in [1.165, 1.54) is 0 Å². The maximum Gasteiger partial charge on any atom is 0.252 e. The van der Waals surface area contributed by atoms with E-state index in [0.29, 0.717) is 31.2 Å². The minimum absolute atomic E-state index is 0.0373. The van der Waals surface area contributed by atoms with Gasteiger partial charge in [-0.05, 0) is 49.1 Å². The summed E-state index contributed by atoms with van der Waals surface area (Å²) in [4.78, 5) is 17.0. The van der Waals surface area contributed by atoms with Crippen LogP contribution in [0.1, 0.15) is 51.3 Å². The third-order valence-electron chi connectivity index (χ3n) is 5.21. The van der Waals surface area contributed by atoms with Gasteiger partial charge in [0.15, 0.2) is 0 Å². The van der Waals surface area contributed by atoms with Crippen LogP contribution in [-0.2, 0) is 11.2 Å². The second kappa shape index (κ2) is 7.43. The minimum atomic E-state index is -1.23. The lowest BCUT2D eigenvalue weighted by Gasteiger charge is -2.43. The molecule has 1 aliphatic rings. The first-order valence-corrected chi connectivity index (χ1v) is 8.75. The van der Waals surface area contributed by atoms with Gasteiger partial charge in [-0.3, -0.25) is 9.78 Å². The molecule has 2 rings (SSSR count). The molecule has 2 N–H and O–H groups in total. The fourth-order valence-electron chi connectivity index (χ4n) is 3.86. The van der Waals surface area contributed by atoms with Crippen LogP contribution < -0.4 is 5.32 Å². The van der Waals surface area contributed by atoms with Crippen molar-refractivity contribution in [3.8, 4) is 0 Å². The van der Waals surface area contributed by atoms with E-state index in [0.717, 1.165) is 24.1 Å². The first-order valence-electron chi connectivity index (χ1n) is 8.75. The summed E-state index contributed by atoms with van der Waals surface area (Å²) in [7, 11) is 0. The van der Waals surface area contributed by atoms with Gasteiger partial charge in [-0.1, -0.05) is 33.3 Å². The molecule has 4 heteroatoms. The molecular weight excluding hydrogens is 288 g/mol. The molecule has 1 aliphatic carbocycles. The predicted molar refractivity (Wildman–Crippen MR) is 92.0 cm³/mol. The van der Waals surface area contributed by atoms with Gasteiger partial charge in [0.05, 0.1) is 0 Å². The van der Waals surface area contributed by atoms with Gasteiger partial charge in [0.25, 0.3) is 5.91 Å². The van der Waals surface area contributed by atoms with Crippen molar-refractivity contribution in [2.45, 2.75) is 59.0 Å². The van der Waals surface area contributed by atoms with E-state index in [1.54, 1.807) is 6.20 Å². The number of aliphatic hydroxyl groups is 1. The molecule has 23 heavy (non-hydrogen) atoms. The number of hydrogen-bond acceptors (Lipinski definition) is 3. The molecule has 0 radical (unpaired) electrons. The lowest BCUT2D eigenvalue weighted by atomic mass is 9.66. The minimum Gasteiger partial charge on any atom is -0.380 e. The van der Waals surface area contributed by atoms with Crippen molar-refractivity contribution in [2.24, 2.45) is 17.8 Å². The zero-order valence-corrected chi connectivity index (χ0v) is 14.8. The number of amides is 1. The van der Waals surface area contributed by atoms with Crippen molar-refractivity contribution < 1.29 is 9.90 Å². The summed E-state index contributed by atoms with van der Waals surface area (Å²) in [5.74, 6) is 0.515. The average molecular weight is 318 g/mol. The second-order valence-corrected chi connectivity index (χ2v) is 7.43. The van der Waals surface area contributed by atoms with Crippen LogP contribution in [0.4, 0.5) is 0 Å². The number of aromatic nitrogens is 1. The van der Waals surface area contributed by atoms with Crippen molar-refractivity contribution >= 4 is 5.91 Å². The van der Waals surface area contributed by atoms with Gasteiger partial charge in [-0.15, -0.1) is 0 Å². The number of pyridine rings is 1. The Morgan fingerprint density at radius 2 is 2.22 bits per heavy atom. The Kier molecular flexibility index (Phi) is 5.79. The smallest absolute Gasteiger partial charge is 0.252 e. The molecule has 1 saturated carbocycles. The van der Waals surface area contributed by atoms with Crippen LogP contribution in [-0.4, -0.2) is 28.1 Å². The Balaban J connectivity index is 1.98. The number of hydrogen-bond donors (Lipinski definition) is 2. The summed E-state index contributed by atoms with van der Waals surface area (Å²) in [6, 6.07) is 3.94. The quantitative estimate of drug-likeness (QED) is 0.877. The van der Waals surface area contributed by atoms with Crippen molar-refractivity contribution in [3.63, 3.8) is 0 Å². The van der Waals surface area contributed by atoms with E-state index >= 15 is 0 Å². The van der Waals surface area contributed by atoms with E-state index in [4.69, 9.17) is 0 Å². The summed E-state index contributed by atoms with van der Waals surface area (Å²) in [6.07, 6.45) is 5.03. The number of aryl methyl sites for hydroxylation is 1. The van der Waals surface area contributed by atoms with Gasteiger partial charge < -0.3 is 10.4 Å². The molecule has 0 aliphatic heterocycles. The van der Waals surface area contributed by atoms with Gasteiger partial charge in [0, 0.05) is 24.9 Å². The van der Waals surface area contributed by atoms with Gasteiger partial charge in [-0.2, -0.15) is 0 Å². The monoisotopic (exact) mass is 318 g/mol. The SMILES string of the molecule is Cc1cccnc1CCNC(=O)[C@@]1(O)CC(C)CCC1C(C)C. The third kappa shape index (κ3) is 4.11. The Labute approximate surface area is 139 Å². The van der Waals surface area contributed by atoms with E-state index in [2.05, 4.69) is 31.1 Å². The summed E-state index contributed by atoms with van der Waals surface area (Å²) in [5, 5.41) is 14.0. The van der Waals surface area contributed by atoms with Crippen LogP contribution in [0.15, 0.2) is 18.3 Å². The van der Waals surface area contributed by atoms with Crippen molar-refractivity contribution in [3.05, 3.63) is 29.6 Å². The molecule has 1 aromatic rings. The number of carbonyl (C=O) groups is 1. The number of carbonyl (C=O) groups excluding carboxylic acids is 1. The number of nitrogens with zero attached hydrogens (tertiary/aromatic N) is 1. The van der Waals surface area contributed by atoms with Crippen LogP contribution in [0.25, 0.3) is 0 Å². The molecule has 0 spiro atoms. The third-order valence-corrected chi connectivity index (χ3v) is 5.21. The maximum atomic E-state index is 12.7. The van der Waals surface area contributed by atoms with Crippen LogP contribution in [0, 0.1) is 24.7 Å². The lowest BCUT2D eigenvalue weighted by molar-refractivity contribution is -0.155. The second-order valence-electron chi connectivity index (χ2n) is 7.43. The maximum absolute atomic E-state index is 12.7. The molecule has 0 aromatic carbocycles. The highest BCUT2D eigenvalue weighted by Crippen LogP contribution is 2.41. The van der Waals surface area contributed by atoms with Crippen molar-refractivity contribution in [2.75, 3.05) is 6.54 Å². The molecule has 1 aromatic heterocycles. The van der Waals surface area contributed by atoms with Crippen molar-refractivity contribution in [1.29, 1.82) is 0 Å². The van der Waals surface area contributed by atoms with Gasteiger partial charge >= 0.3 is 0 Å². The zero-order valence-electron chi connectivity index (χ0n) is 14.8. The highest BCUT2D eigenvalue weighted by molar-refractivity contribution is 5.85. The summed E-state index contributed by atoms with van der Waals surface area (Å²) >= 11 is 0. The number of nitrogens with one attached hydrogen (secondary N) is 1. The van der Waals surface area contributed by atoms with Crippen LogP contribution >= 0.6 is 0 Å². The van der Waals surface area contributed by atoms with Gasteiger partial charge in [0.2, 0.25) is 0 Å². The molecule has 2 unspecified atom stereocenters. The lowest BCUT2D eigenvalue weighted by Crippen LogP contribution is -2.56. The highest BCUT2D eigenvalue weighted by atomic mass is 16.3. The molecular formula is C19H30N2O2. The van der Waals surface area contributed by atoms with Gasteiger partial charge in [0.1, 0.15) is 5.60 Å². The fourth-order valence-corrected chi connectivity index (χ4v) is 3.86. The largest absolute Gasteiger partial charge is 0.380 e. The summed E-state index contributed by atoms with van der Waals surface area (Å²) < 4.78 is 0. The zero-order chi connectivity index (χ0) is 17.0. The normalized spacial score (nSPS) is 27.9. The molecule has 1 amide bonds. The molecule has 3 atom stereocenters. The molecule has 1 fully saturated rings. The van der Waals surface area contributed by atoms with E-state index in [-0.39, 0.29) is 11.8 Å². The summed E-state index contributed by atoms with van der Waals surface area (Å²) in [6.45, 7) is 8.84. The van der Waals surface area contributed by atoms with Crippen molar-refractivity contribution in [1.82, 2.24) is 10.3 Å². The molecule has 128 valence electrons. The van der Waals surface area contributed by atoms with Crippen LogP contribution in [0.3, 0.4) is 0 Å². The molecule has 0 bridgehead atoms. The first kappa shape index (κ1) is 17.9. The Bertz CT molecular complexity index is 544. The fraction of sp³-hybridized carbons (Fsp3) is 0.684. The topological polar surface area (TPSA) is 62.2 Å². The van der Waals surface area contributed by atoms with E-state index in [9.17, 15) is 9.90 Å². The molecule has 1 heterocycles. The van der Waals surface area contributed by atoms with Gasteiger partial charge in [-0.25, -0.2) is 0 Å². The highest BCUT2D eigenvalue weighted by Gasteiger charge is 2.48. The summed E-state index contributed by atoms with van der Waals surface area (Å²) in [5.41, 5.74) is 0.898. The predicted octanol–water partition coefficient (Wildman–Crippen LogP) is 2.87. The molecule has 0 saturated heterocycles. The van der Waals surface area contributed by atoms with Crippen LogP contribution in [0.2, 0.25) is 0 Å². The first-order chi connectivity index (χ1) is 10.8. The Morgan fingerprint density at radius 1 is 1.48 bits per heavy atom. The van der Waals surface area contributed by atoms with Crippen LogP contribution in [0.5, 0.6) is 0 Å². The average Bonchev–Trinajstić information content (AvgIpc) is 2.48. The standard InChI is InChI=1S/C19H30N2O2/c1-13(2)16-8-7-14(3)12-19(16,23)18(22)21-11-9-17-15(4)6-5-10-20-17/h5-6,10,13-14,16,23H,7-9,11-12H2,1-4H3,(H,21,22)/t14?,16?,19-/m1/s1. The van der Waals surface area contributed by atoms with E-state index in [1.807, 2.05) is 19.1 Å². The Hall–Kier alpha value is -1.42. The van der Waals surface area contributed by atoms with E-state index < -0.39 is 5.60 Å². The Morgan fingerprint density at radius 3 is 2.87 bits per heavy atom. The number of rotatable bonds is 5.